The Balaban J connectivity index is 2.11. The fourth-order valence-corrected chi connectivity index (χ4v) is 3.60. The van der Waals surface area contributed by atoms with Crippen LogP contribution in [0.3, 0.4) is 0 Å². The number of nitrogens with one attached hydrogen (secondary N) is 3. The number of carbonyl (C=O) groups is 3. The summed E-state index contributed by atoms with van der Waals surface area (Å²) in [5.41, 5.74) is 3.87. The van der Waals surface area contributed by atoms with Crippen molar-refractivity contribution in [3.63, 3.8) is 0 Å². The van der Waals surface area contributed by atoms with E-state index in [1.807, 2.05) is 5.43 Å². The van der Waals surface area contributed by atoms with E-state index in [-0.39, 0.29) is 27.6 Å². The van der Waals surface area contributed by atoms with Crippen LogP contribution in [0.15, 0.2) is 23.1 Å². The lowest BCUT2D eigenvalue weighted by atomic mass is 10.2. The highest BCUT2D eigenvalue weighted by atomic mass is 35.5. The van der Waals surface area contributed by atoms with E-state index in [1.165, 1.54) is 19.2 Å². The minimum atomic E-state index is -3.82. The number of nitrogens with zero attached hydrogens (tertiary/aromatic N) is 1. The van der Waals surface area contributed by atoms with Crippen molar-refractivity contribution in [3.8, 4) is 0 Å². The zero-order valence-corrected chi connectivity index (χ0v) is 16.6. The van der Waals surface area contributed by atoms with E-state index >= 15 is 0 Å². The van der Waals surface area contributed by atoms with Gasteiger partial charge in [-0.3, -0.25) is 25.2 Å². The van der Waals surface area contributed by atoms with E-state index in [2.05, 4.69) is 10.7 Å². The lowest BCUT2D eigenvalue weighted by Gasteiger charge is -2.21. The predicted octanol–water partition coefficient (Wildman–Crippen LogP) is 0.409. The summed E-state index contributed by atoms with van der Waals surface area (Å²) in [6.45, 7) is 3.42. The van der Waals surface area contributed by atoms with Gasteiger partial charge in [-0.2, -0.15) is 4.31 Å². The fourth-order valence-electron chi connectivity index (χ4n) is 2.00. The van der Waals surface area contributed by atoms with Gasteiger partial charge in [-0.15, -0.1) is 0 Å². The molecule has 11 heteroatoms. The van der Waals surface area contributed by atoms with Gasteiger partial charge in [0.2, 0.25) is 10.0 Å². The third-order valence-electron chi connectivity index (χ3n) is 4.00. The number of hydrazine groups is 1. The van der Waals surface area contributed by atoms with E-state index in [4.69, 9.17) is 11.6 Å². The van der Waals surface area contributed by atoms with Crippen LogP contribution in [0, 0.1) is 0 Å². The maximum absolute atomic E-state index is 12.6. The molecule has 1 aromatic carbocycles. The van der Waals surface area contributed by atoms with Crippen LogP contribution < -0.4 is 16.2 Å². The van der Waals surface area contributed by atoms with Crippen LogP contribution in [0.25, 0.3) is 0 Å². The Labute approximate surface area is 162 Å². The van der Waals surface area contributed by atoms with Gasteiger partial charge in [-0.05, 0) is 44.9 Å². The number of hydrogen-bond donors (Lipinski definition) is 3. The Hall–Kier alpha value is -2.17. The quantitative estimate of drug-likeness (QED) is 0.473. The van der Waals surface area contributed by atoms with Crippen molar-refractivity contribution in [2.24, 2.45) is 0 Å². The molecule has 0 heterocycles. The first-order valence-electron chi connectivity index (χ1n) is 8.22. The molecule has 0 aliphatic heterocycles. The molecule has 0 spiro atoms. The lowest BCUT2D eigenvalue weighted by Crippen LogP contribution is -2.49. The van der Waals surface area contributed by atoms with Crippen molar-refractivity contribution in [1.29, 1.82) is 0 Å². The van der Waals surface area contributed by atoms with Crippen LogP contribution in [0.5, 0.6) is 0 Å². The highest BCUT2D eigenvalue weighted by molar-refractivity contribution is 7.89. The van der Waals surface area contributed by atoms with Crippen LogP contribution in [0.4, 0.5) is 0 Å². The highest BCUT2D eigenvalue weighted by Crippen LogP contribution is 2.23. The summed E-state index contributed by atoms with van der Waals surface area (Å²) in [5, 5.41) is 2.46. The first-order chi connectivity index (χ1) is 12.5. The molecule has 148 valence electrons. The molecule has 1 fully saturated rings. The Morgan fingerprint density at radius 2 is 1.78 bits per heavy atom. The van der Waals surface area contributed by atoms with Crippen molar-refractivity contribution < 1.29 is 22.8 Å². The first-order valence-corrected chi connectivity index (χ1v) is 10.0. The van der Waals surface area contributed by atoms with Gasteiger partial charge in [0.25, 0.3) is 5.91 Å². The molecule has 2 rings (SSSR count). The summed E-state index contributed by atoms with van der Waals surface area (Å²) in [7, 11) is -2.40. The van der Waals surface area contributed by atoms with Gasteiger partial charge in [0.15, 0.2) is 0 Å². The normalized spacial score (nSPS) is 14.1. The Morgan fingerprint density at radius 1 is 1.15 bits per heavy atom. The molecule has 0 bridgehead atoms. The number of sulfonamides is 1. The molecular formula is C16H21ClN4O5S. The summed E-state index contributed by atoms with van der Waals surface area (Å²) < 4.78 is 26.3. The molecule has 1 saturated carbocycles. The topological polar surface area (TPSA) is 125 Å². The molecule has 0 aromatic heterocycles. The van der Waals surface area contributed by atoms with Crippen molar-refractivity contribution in [2.75, 3.05) is 7.05 Å². The molecule has 1 aliphatic carbocycles. The van der Waals surface area contributed by atoms with Gasteiger partial charge in [0.1, 0.15) is 0 Å². The maximum Gasteiger partial charge on any atom is 0.327 e. The summed E-state index contributed by atoms with van der Waals surface area (Å²) in [5.74, 6) is -2.75. The van der Waals surface area contributed by atoms with E-state index in [0.29, 0.717) is 0 Å². The monoisotopic (exact) mass is 416 g/mol. The number of amides is 3. The maximum atomic E-state index is 12.6. The Morgan fingerprint density at radius 3 is 2.33 bits per heavy atom. The second kappa shape index (κ2) is 8.24. The van der Waals surface area contributed by atoms with Crippen LogP contribution in [0.2, 0.25) is 5.02 Å². The zero-order valence-electron chi connectivity index (χ0n) is 15.1. The molecule has 0 saturated heterocycles. The number of halogens is 1. The molecule has 3 amide bonds. The second-order valence-electron chi connectivity index (χ2n) is 6.41. The number of hydrogen-bond acceptors (Lipinski definition) is 5. The molecule has 27 heavy (non-hydrogen) atoms. The van der Waals surface area contributed by atoms with Gasteiger partial charge < -0.3 is 5.32 Å². The minimum Gasteiger partial charge on any atom is -0.345 e. The second-order valence-corrected chi connectivity index (χ2v) is 8.82. The zero-order chi connectivity index (χ0) is 20.4. The average Bonchev–Trinajstić information content (AvgIpc) is 3.42. The molecule has 0 radical (unpaired) electrons. The van der Waals surface area contributed by atoms with Crippen LogP contribution in [0.1, 0.15) is 37.0 Å². The van der Waals surface area contributed by atoms with Gasteiger partial charge in [0, 0.05) is 19.1 Å². The number of rotatable bonds is 5. The average molecular weight is 417 g/mol. The van der Waals surface area contributed by atoms with Crippen LogP contribution >= 0.6 is 11.6 Å². The number of benzene rings is 1. The third kappa shape index (κ3) is 5.18. The van der Waals surface area contributed by atoms with Gasteiger partial charge in [-0.1, -0.05) is 11.6 Å². The van der Waals surface area contributed by atoms with E-state index in [9.17, 15) is 22.8 Å². The minimum absolute atomic E-state index is 0.00432. The largest absolute Gasteiger partial charge is 0.345 e. The van der Waals surface area contributed by atoms with Crippen molar-refractivity contribution >= 4 is 39.3 Å². The van der Waals surface area contributed by atoms with E-state index < -0.39 is 27.7 Å². The van der Waals surface area contributed by atoms with Gasteiger partial charge >= 0.3 is 11.8 Å². The van der Waals surface area contributed by atoms with Crippen molar-refractivity contribution in [3.05, 3.63) is 28.8 Å². The molecule has 1 aromatic rings. The number of carbonyl (C=O) groups excluding carboxylic acids is 3. The third-order valence-corrected chi connectivity index (χ3v) is 6.35. The summed E-state index contributed by atoms with van der Waals surface area (Å²) in [6, 6.07) is 3.39. The molecule has 0 atom stereocenters. The van der Waals surface area contributed by atoms with Crippen LogP contribution in [-0.4, -0.2) is 49.6 Å². The van der Waals surface area contributed by atoms with E-state index in [1.54, 1.807) is 13.8 Å². The smallest absolute Gasteiger partial charge is 0.327 e. The molecule has 0 unspecified atom stereocenters. The van der Waals surface area contributed by atoms with Crippen LogP contribution in [-0.2, 0) is 19.6 Å². The molecular weight excluding hydrogens is 396 g/mol. The highest BCUT2D eigenvalue weighted by Gasteiger charge is 2.27. The predicted molar refractivity (Wildman–Crippen MR) is 98.3 cm³/mol. The first kappa shape index (κ1) is 21.1. The lowest BCUT2D eigenvalue weighted by molar-refractivity contribution is -0.139. The van der Waals surface area contributed by atoms with E-state index in [0.717, 1.165) is 23.2 Å². The molecule has 9 nitrogen and oxygen atoms in total. The van der Waals surface area contributed by atoms with Crippen molar-refractivity contribution in [1.82, 2.24) is 20.5 Å². The van der Waals surface area contributed by atoms with Gasteiger partial charge in [-0.25, -0.2) is 8.42 Å². The van der Waals surface area contributed by atoms with Crippen molar-refractivity contribution in [2.45, 2.75) is 43.7 Å². The van der Waals surface area contributed by atoms with Gasteiger partial charge in [0.05, 0.1) is 15.5 Å². The summed E-state index contributed by atoms with van der Waals surface area (Å²) in [4.78, 5) is 35.3. The summed E-state index contributed by atoms with van der Waals surface area (Å²) in [6.07, 6.45) is 1.63. The fraction of sp³-hybridized carbons (Fsp3) is 0.438. The Bertz CT molecular complexity index is 868. The Kier molecular flexibility index (Phi) is 6.45. The molecule has 1 aliphatic rings. The summed E-state index contributed by atoms with van der Waals surface area (Å²) >= 11 is 5.98. The standard InChI is InChI=1S/C16H21ClN4O5S/c1-9(2)21(3)27(25,26)11-6-7-13(17)12(8-11)14(22)19-20-16(24)15(23)18-10-4-5-10/h6-10H,4-5H2,1-3H3,(H,18,23)(H,19,22)(H,20,24). The SMILES string of the molecule is CC(C)N(C)S(=O)(=O)c1ccc(Cl)c(C(=O)NNC(=O)C(=O)NC2CC2)c1. The molecule has 3 N–H and O–H groups in total.